The van der Waals surface area contributed by atoms with E-state index in [1.165, 1.54) is 11.6 Å². The molecular formula is C27H33F3N4O. The van der Waals surface area contributed by atoms with E-state index >= 15 is 0 Å². The molecule has 5 rings (SSSR count). The van der Waals surface area contributed by atoms with Crippen LogP contribution in [0.2, 0.25) is 0 Å². The van der Waals surface area contributed by atoms with Crippen LogP contribution in [0.5, 0.6) is 0 Å². The van der Waals surface area contributed by atoms with Gasteiger partial charge in [0.15, 0.2) is 0 Å². The van der Waals surface area contributed by atoms with Gasteiger partial charge in [-0.3, -0.25) is 19.7 Å². The monoisotopic (exact) mass is 486 g/mol. The van der Waals surface area contributed by atoms with Crippen molar-refractivity contribution in [1.29, 1.82) is 0 Å². The van der Waals surface area contributed by atoms with Gasteiger partial charge in [0.2, 0.25) is 5.91 Å². The van der Waals surface area contributed by atoms with Crippen molar-refractivity contribution in [3.8, 4) is 0 Å². The number of carbonyl (C=O) groups excluding carboxylic acids is 1. The second kappa shape index (κ2) is 9.19. The number of halogens is 3. The zero-order chi connectivity index (χ0) is 24.8. The van der Waals surface area contributed by atoms with E-state index < -0.39 is 17.2 Å². The van der Waals surface area contributed by atoms with Crippen molar-refractivity contribution in [2.75, 3.05) is 19.6 Å². The number of aromatic nitrogens is 2. The number of hydrogen-bond acceptors (Lipinski definition) is 4. The lowest BCUT2D eigenvalue weighted by Crippen LogP contribution is -2.48. The van der Waals surface area contributed by atoms with Gasteiger partial charge in [-0.2, -0.15) is 13.2 Å². The first-order valence-corrected chi connectivity index (χ1v) is 12.7. The van der Waals surface area contributed by atoms with Gasteiger partial charge in [0.05, 0.1) is 11.0 Å². The summed E-state index contributed by atoms with van der Waals surface area (Å²) in [5.74, 6) is 0.737. The van der Waals surface area contributed by atoms with E-state index in [1.54, 1.807) is 11.1 Å². The zero-order valence-electron chi connectivity index (χ0n) is 20.4. The Morgan fingerprint density at radius 3 is 2.74 bits per heavy atom. The smallest absolute Gasteiger partial charge is 0.337 e. The molecule has 0 spiro atoms. The molecule has 4 heterocycles. The van der Waals surface area contributed by atoms with E-state index in [0.717, 1.165) is 45.0 Å². The van der Waals surface area contributed by atoms with Crippen molar-refractivity contribution in [3.05, 3.63) is 59.2 Å². The Hall–Kier alpha value is -2.48. The molecule has 2 aromatic rings. The molecule has 2 aliphatic heterocycles. The summed E-state index contributed by atoms with van der Waals surface area (Å²) in [6, 6.07) is 5.66. The Bertz CT molecular complexity index is 1070. The highest BCUT2D eigenvalue weighted by atomic mass is 19.4. The molecule has 1 aliphatic carbocycles. The lowest BCUT2D eigenvalue weighted by atomic mass is 9.74. The molecule has 2 unspecified atom stereocenters. The van der Waals surface area contributed by atoms with Crippen LogP contribution in [0.3, 0.4) is 0 Å². The van der Waals surface area contributed by atoms with E-state index in [2.05, 4.69) is 34.8 Å². The number of pyridine rings is 2. The first-order chi connectivity index (χ1) is 16.7. The van der Waals surface area contributed by atoms with Gasteiger partial charge in [-0.1, -0.05) is 19.9 Å². The summed E-state index contributed by atoms with van der Waals surface area (Å²) in [4.78, 5) is 26.6. The van der Waals surface area contributed by atoms with Gasteiger partial charge in [-0.05, 0) is 67.3 Å². The van der Waals surface area contributed by atoms with Crippen molar-refractivity contribution in [2.24, 2.45) is 11.3 Å². The SMILES string of the molecule is CC(C)[C@]1(C(=O)N2CCc3ncc(C(F)(F)F)cc3C2)CCC(N2CCC(c3cccnc3)C2)C1. The van der Waals surface area contributed by atoms with Crippen molar-refractivity contribution in [2.45, 2.75) is 70.6 Å². The maximum atomic E-state index is 14.0. The summed E-state index contributed by atoms with van der Waals surface area (Å²) in [7, 11) is 0. The van der Waals surface area contributed by atoms with Gasteiger partial charge >= 0.3 is 6.18 Å². The average molecular weight is 487 g/mol. The quantitative estimate of drug-likeness (QED) is 0.606. The summed E-state index contributed by atoms with van der Waals surface area (Å²) in [5, 5.41) is 0. The predicted octanol–water partition coefficient (Wildman–Crippen LogP) is 5.06. The molecule has 1 saturated heterocycles. The third-order valence-corrected chi connectivity index (χ3v) is 8.60. The molecule has 3 aliphatic rings. The molecule has 0 bridgehead atoms. The number of nitrogens with zero attached hydrogens (tertiary/aromatic N) is 4. The fraction of sp³-hybridized carbons (Fsp3) is 0.593. The second-order valence-electron chi connectivity index (χ2n) is 10.8. The maximum absolute atomic E-state index is 14.0. The van der Waals surface area contributed by atoms with Crippen LogP contribution < -0.4 is 0 Å². The van der Waals surface area contributed by atoms with Crippen molar-refractivity contribution < 1.29 is 18.0 Å². The lowest BCUT2D eigenvalue weighted by Gasteiger charge is -2.40. The molecule has 0 aromatic carbocycles. The number of carbonyl (C=O) groups is 1. The Morgan fingerprint density at radius 2 is 2.03 bits per heavy atom. The largest absolute Gasteiger partial charge is 0.417 e. The molecule has 0 radical (unpaired) electrons. The molecule has 1 amide bonds. The number of rotatable bonds is 4. The van der Waals surface area contributed by atoms with Crippen molar-refractivity contribution in [1.82, 2.24) is 19.8 Å². The van der Waals surface area contributed by atoms with Crippen LogP contribution in [0.25, 0.3) is 0 Å². The molecule has 0 N–H and O–H groups in total. The zero-order valence-corrected chi connectivity index (χ0v) is 20.4. The first-order valence-electron chi connectivity index (χ1n) is 12.7. The fourth-order valence-electron chi connectivity index (χ4n) is 6.40. The number of amides is 1. The number of likely N-dealkylation sites (tertiary alicyclic amines) is 1. The van der Waals surface area contributed by atoms with Gasteiger partial charge in [0, 0.05) is 56.4 Å². The Morgan fingerprint density at radius 1 is 1.20 bits per heavy atom. The minimum atomic E-state index is -4.43. The first kappa shape index (κ1) is 24.2. The molecule has 3 atom stereocenters. The van der Waals surface area contributed by atoms with Crippen LogP contribution in [-0.4, -0.2) is 51.4 Å². The van der Waals surface area contributed by atoms with Crippen LogP contribution in [0.4, 0.5) is 13.2 Å². The summed E-state index contributed by atoms with van der Waals surface area (Å²) in [6.07, 6.45) is 4.44. The number of alkyl halides is 3. The molecule has 2 aromatic heterocycles. The van der Waals surface area contributed by atoms with Crippen molar-refractivity contribution in [3.63, 3.8) is 0 Å². The average Bonchev–Trinajstić information content (AvgIpc) is 3.51. The summed E-state index contributed by atoms with van der Waals surface area (Å²) in [6.45, 7) is 6.96. The third-order valence-electron chi connectivity index (χ3n) is 8.60. The van der Waals surface area contributed by atoms with Crippen LogP contribution in [0, 0.1) is 11.3 Å². The second-order valence-corrected chi connectivity index (χ2v) is 10.8. The van der Waals surface area contributed by atoms with E-state index in [4.69, 9.17) is 0 Å². The highest BCUT2D eigenvalue weighted by Crippen LogP contribution is 2.49. The van der Waals surface area contributed by atoms with Gasteiger partial charge < -0.3 is 4.90 Å². The number of fused-ring (bicyclic) bond motifs is 1. The van der Waals surface area contributed by atoms with Gasteiger partial charge in [-0.25, -0.2) is 0 Å². The summed E-state index contributed by atoms with van der Waals surface area (Å²) >= 11 is 0. The van der Waals surface area contributed by atoms with E-state index in [1.807, 2.05) is 12.3 Å². The lowest BCUT2D eigenvalue weighted by molar-refractivity contribution is -0.146. The van der Waals surface area contributed by atoms with E-state index in [-0.39, 0.29) is 18.4 Å². The van der Waals surface area contributed by atoms with Crippen LogP contribution in [0.15, 0.2) is 36.8 Å². The Balaban J connectivity index is 1.30. The Labute approximate surface area is 204 Å². The topological polar surface area (TPSA) is 49.3 Å². The predicted molar refractivity (Wildman–Crippen MR) is 126 cm³/mol. The van der Waals surface area contributed by atoms with Crippen LogP contribution >= 0.6 is 0 Å². The van der Waals surface area contributed by atoms with Crippen molar-refractivity contribution >= 4 is 5.91 Å². The molecule has 1 saturated carbocycles. The van der Waals surface area contributed by atoms with E-state index in [9.17, 15) is 18.0 Å². The number of hydrogen-bond donors (Lipinski definition) is 0. The molecule has 2 fully saturated rings. The normalized spacial score (nSPS) is 27.4. The van der Waals surface area contributed by atoms with Gasteiger partial charge in [0.25, 0.3) is 0 Å². The Kier molecular flexibility index (Phi) is 6.36. The highest BCUT2D eigenvalue weighted by molar-refractivity contribution is 5.83. The molecule has 35 heavy (non-hydrogen) atoms. The summed E-state index contributed by atoms with van der Waals surface area (Å²) in [5.41, 5.74) is 1.25. The van der Waals surface area contributed by atoms with Gasteiger partial charge in [-0.15, -0.1) is 0 Å². The van der Waals surface area contributed by atoms with Gasteiger partial charge in [0.1, 0.15) is 0 Å². The maximum Gasteiger partial charge on any atom is 0.417 e. The van der Waals surface area contributed by atoms with Crippen LogP contribution in [0.1, 0.15) is 67.8 Å². The minimum absolute atomic E-state index is 0.0982. The molecule has 8 heteroatoms. The molecule has 5 nitrogen and oxygen atoms in total. The third kappa shape index (κ3) is 4.57. The molecular weight excluding hydrogens is 453 g/mol. The fourth-order valence-corrected chi connectivity index (χ4v) is 6.40. The van der Waals surface area contributed by atoms with Crippen LogP contribution in [-0.2, 0) is 23.9 Å². The minimum Gasteiger partial charge on any atom is -0.337 e. The molecule has 188 valence electrons. The standard InChI is InChI=1S/C27H33F3N4O/c1-18(2)26(8-5-23(13-26)33-10-6-20(16-33)19-4-3-9-31-14-19)25(35)34-11-7-24-21(17-34)12-22(15-32-24)27(28,29)30/h3-4,9,12,14-15,18,20,23H,5-8,10-11,13,16-17H2,1-2H3/t20?,23?,26-/m0/s1. The summed E-state index contributed by atoms with van der Waals surface area (Å²) < 4.78 is 39.7. The van der Waals surface area contributed by atoms with E-state index in [0.29, 0.717) is 36.2 Å². The highest BCUT2D eigenvalue weighted by Gasteiger charge is 2.51.